The zero-order valence-electron chi connectivity index (χ0n) is 10.9. The summed E-state index contributed by atoms with van der Waals surface area (Å²) in [5.41, 5.74) is 0.914. The van der Waals surface area contributed by atoms with Gasteiger partial charge in [-0.3, -0.25) is 4.79 Å². The number of nitriles is 1. The fraction of sp³-hybridized carbons (Fsp3) is 0.615. The highest BCUT2D eigenvalue weighted by Gasteiger charge is 2.29. The number of likely N-dealkylation sites (tertiary alicyclic amines) is 1. The summed E-state index contributed by atoms with van der Waals surface area (Å²) in [4.78, 5) is 17.8. The van der Waals surface area contributed by atoms with Crippen molar-refractivity contribution in [3.05, 3.63) is 17.7 Å². The smallest absolute Gasteiger partial charge is 0.223 e. The van der Waals surface area contributed by atoms with Crippen molar-refractivity contribution in [1.82, 2.24) is 14.5 Å². The predicted octanol–water partition coefficient (Wildman–Crippen LogP) is 1.44. The quantitative estimate of drug-likeness (QED) is 0.807. The van der Waals surface area contributed by atoms with E-state index in [0.717, 1.165) is 25.1 Å². The summed E-state index contributed by atoms with van der Waals surface area (Å²) in [6, 6.07) is 2.03. The lowest BCUT2D eigenvalue weighted by Crippen LogP contribution is -2.25. The predicted molar refractivity (Wildman–Crippen MR) is 66.4 cm³/mol. The molecule has 5 heteroatoms. The van der Waals surface area contributed by atoms with E-state index < -0.39 is 0 Å². The molecule has 0 saturated carbocycles. The van der Waals surface area contributed by atoms with Crippen LogP contribution in [-0.4, -0.2) is 26.9 Å². The Morgan fingerprint density at radius 1 is 1.61 bits per heavy atom. The van der Waals surface area contributed by atoms with Gasteiger partial charge in [0.05, 0.1) is 18.4 Å². The number of carbonyl (C=O) groups is 1. The highest BCUT2D eigenvalue weighted by Crippen LogP contribution is 2.23. The molecule has 0 spiro atoms. The maximum Gasteiger partial charge on any atom is 0.223 e. The Morgan fingerprint density at radius 3 is 3.00 bits per heavy atom. The van der Waals surface area contributed by atoms with Crippen molar-refractivity contribution in [3.8, 4) is 6.07 Å². The first-order valence-electron chi connectivity index (χ1n) is 6.34. The van der Waals surface area contributed by atoms with Crippen LogP contribution >= 0.6 is 0 Å². The van der Waals surface area contributed by atoms with Gasteiger partial charge < -0.3 is 9.47 Å². The SMILES string of the molecule is CCCC1CC(=O)N(Cc2cnc(C#N)n2C)C1. The van der Waals surface area contributed by atoms with Gasteiger partial charge in [0.1, 0.15) is 6.07 Å². The van der Waals surface area contributed by atoms with E-state index in [-0.39, 0.29) is 5.91 Å². The normalized spacial score (nSPS) is 19.3. The van der Waals surface area contributed by atoms with Crippen molar-refractivity contribution in [2.45, 2.75) is 32.7 Å². The van der Waals surface area contributed by atoms with Gasteiger partial charge in [0, 0.05) is 20.0 Å². The Hall–Kier alpha value is -1.83. The van der Waals surface area contributed by atoms with Gasteiger partial charge in [0.2, 0.25) is 11.7 Å². The van der Waals surface area contributed by atoms with Crippen LogP contribution in [0.5, 0.6) is 0 Å². The first-order chi connectivity index (χ1) is 8.65. The van der Waals surface area contributed by atoms with Gasteiger partial charge in [-0.2, -0.15) is 5.26 Å². The van der Waals surface area contributed by atoms with Crippen LogP contribution in [0.1, 0.15) is 37.7 Å². The maximum absolute atomic E-state index is 11.9. The summed E-state index contributed by atoms with van der Waals surface area (Å²) in [5, 5.41) is 8.84. The van der Waals surface area contributed by atoms with E-state index >= 15 is 0 Å². The van der Waals surface area contributed by atoms with Gasteiger partial charge in [0.15, 0.2) is 0 Å². The summed E-state index contributed by atoms with van der Waals surface area (Å²) >= 11 is 0. The molecule has 96 valence electrons. The number of hydrogen-bond donors (Lipinski definition) is 0. The molecule has 1 aromatic rings. The fourth-order valence-corrected chi connectivity index (χ4v) is 2.50. The number of aromatic nitrogens is 2. The van der Waals surface area contributed by atoms with Crippen molar-refractivity contribution < 1.29 is 4.79 Å². The molecule has 1 aliphatic rings. The molecule has 1 aromatic heterocycles. The number of carbonyl (C=O) groups excluding carboxylic acids is 1. The number of amides is 1. The Morgan fingerprint density at radius 2 is 2.39 bits per heavy atom. The molecule has 5 nitrogen and oxygen atoms in total. The minimum atomic E-state index is 0.216. The third kappa shape index (κ3) is 2.37. The van der Waals surface area contributed by atoms with Crippen LogP contribution in [0.25, 0.3) is 0 Å². The zero-order valence-corrected chi connectivity index (χ0v) is 10.9. The second-order valence-corrected chi connectivity index (χ2v) is 4.88. The topological polar surface area (TPSA) is 61.9 Å². The van der Waals surface area contributed by atoms with E-state index in [1.165, 1.54) is 0 Å². The summed E-state index contributed by atoms with van der Waals surface area (Å²) in [6.07, 6.45) is 4.57. The molecular formula is C13H18N4O. The third-order valence-corrected chi connectivity index (χ3v) is 3.53. The van der Waals surface area contributed by atoms with E-state index in [1.54, 1.807) is 10.8 Å². The highest BCUT2D eigenvalue weighted by atomic mass is 16.2. The molecule has 1 fully saturated rings. The van der Waals surface area contributed by atoms with E-state index in [0.29, 0.717) is 24.7 Å². The minimum absolute atomic E-state index is 0.216. The van der Waals surface area contributed by atoms with E-state index in [1.807, 2.05) is 18.0 Å². The first-order valence-corrected chi connectivity index (χ1v) is 6.34. The first kappa shape index (κ1) is 12.6. The molecule has 1 unspecified atom stereocenters. The van der Waals surface area contributed by atoms with E-state index in [9.17, 15) is 4.79 Å². The van der Waals surface area contributed by atoms with Crippen molar-refractivity contribution in [3.63, 3.8) is 0 Å². The number of hydrogen-bond acceptors (Lipinski definition) is 3. The minimum Gasteiger partial charge on any atom is -0.337 e. The van der Waals surface area contributed by atoms with Gasteiger partial charge >= 0.3 is 0 Å². The summed E-state index contributed by atoms with van der Waals surface area (Å²) in [7, 11) is 1.81. The Labute approximate surface area is 107 Å². The van der Waals surface area contributed by atoms with Crippen LogP contribution in [0.3, 0.4) is 0 Å². The molecule has 0 aromatic carbocycles. The van der Waals surface area contributed by atoms with Crippen LogP contribution in [0, 0.1) is 17.2 Å². The lowest BCUT2D eigenvalue weighted by Gasteiger charge is -2.16. The fourth-order valence-electron chi connectivity index (χ4n) is 2.50. The lowest BCUT2D eigenvalue weighted by molar-refractivity contribution is -0.128. The lowest BCUT2D eigenvalue weighted by atomic mass is 10.0. The number of rotatable bonds is 4. The summed E-state index contributed by atoms with van der Waals surface area (Å²) < 4.78 is 1.75. The van der Waals surface area contributed by atoms with Gasteiger partial charge in [-0.15, -0.1) is 0 Å². The zero-order chi connectivity index (χ0) is 13.1. The molecule has 1 saturated heterocycles. The van der Waals surface area contributed by atoms with Gasteiger partial charge in [0.25, 0.3) is 0 Å². The van der Waals surface area contributed by atoms with Crippen LogP contribution in [0.15, 0.2) is 6.20 Å². The van der Waals surface area contributed by atoms with Crippen LogP contribution in [0.4, 0.5) is 0 Å². The average molecular weight is 246 g/mol. The summed E-state index contributed by atoms with van der Waals surface area (Å²) in [5.74, 6) is 1.10. The second kappa shape index (κ2) is 5.21. The molecular weight excluding hydrogens is 228 g/mol. The molecule has 0 bridgehead atoms. The van der Waals surface area contributed by atoms with E-state index in [2.05, 4.69) is 11.9 Å². The molecule has 2 heterocycles. The molecule has 0 radical (unpaired) electrons. The molecule has 0 aliphatic carbocycles. The number of nitrogens with zero attached hydrogens (tertiary/aromatic N) is 4. The van der Waals surface area contributed by atoms with Crippen LogP contribution in [0.2, 0.25) is 0 Å². The van der Waals surface area contributed by atoms with Crippen molar-refractivity contribution in [2.24, 2.45) is 13.0 Å². The standard InChI is InChI=1S/C13H18N4O/c1-3-4-10-5-13(18)17(8-10)9-11-7-15-12(6-14)16(11)2/h7,10H,3-5,8-9H2,1-2H3. The van der Waals surface area contributed by atoms with Crippen molar-refractivity contribution in [2.75, 3.05) is 6.54 Å². The molecule has 1 atom stereocenters. The Kier molecular flexibility index (Phi) is 3.66. The summed E-state index contributed by atoms with van der Waals surface area (Å²) in [6.45, 7) is 3.54. The van der Waals surface area contributed by atoms with Gasteiger partial charge in [-0.1, -0.05) is 13.3 Å². The molecule has 1 amide bonds. The molecule has 2 rings (SSSR count). The van der Waals surface area contributed by atoms with Crippen molar-refractivity contribution in [1.29, 1.82) is 5.26 Å². The monoisotopic (exact) mass is 246 g/mol. The maximum atomic E-state index is 11.9. The average Bonchev–Trinajstić information content (AvgIpc) is 2.86. The molecule has 1 aliphatic heterocycles. The van der Waals surface area contributed by atoms with Crippen molar-refractivity contribution >= 4 is 5.91 Å². The Bertz CT molecular complexity index is 486. The molecule has 18 heavy (non-hydrogen) atoms. The Balaban J connectivity index is 2.04. The third-order valence-electron chi connectivity index (χ3n) is 3.53. The van der Waals surface area contributed by atoms with Crippen LogP contribution < -0.4 is 0 Å². The second-order valence-electron chi connectivity index (χ2n) is 4.88. The van der Waals surface area contributed by atoms with E-state index in [4.69, 9.17) is 5.26 Å². The van der Waals surface area contributed by atoms with Gasteiger partial charge in [-0.05, 0) is 12.3 Å². The molecule has 0 N–H and O–H groups in total. The number of imidazole rings is 1. The van der Waals surface area contributed by atoms with Gasteiger partial charge in [-0.25, -0.2) is 4.98 Å². The largest absolute Gasteiger partial charge is 0.337 e. The highest BCUT2D eigenvalue weighted by molar-refractivity contribution is 5.78. The van der Waals surface area contributed by atoms with Crippen LogP contribution in [-0.2, 0) is 18.4 Å².